The van der Waals surface area contributed by atoms with Crippen LogP contribution < -0.4 is 20.2 Å². The summed E-state index contributed by atoms with van der Waals surface area (Å²) in [4.78, 5) is 38.7. The number of nitrogens with zero attached hydrogens (tertiary/aromatic N) is 1. The standard InChI is InChI=1S/C29H30BrN3O6S/c1-4-38-29(36)24-20-7-5-6-8-23(20)40-28(24)32-26(34)27(35)33-31-15-19-13-21(30)25(22(14-19)37-3)39-16-18-11-9-17(2)10-12-18/h9-15H,4-8,16H2,1-3H3,(H,32,34)(H,33,35)/b31-15+. The molecule has 0 saturated carbocycles. The van der Waals surface area contributed by atoms with Crippen molar-refractivity contribution in [2.45, 2.75) is 46.1 Å². The first kappa shape index (κ1) is 29.3. The summed E-state index contributed by atoms with van der Waals surface area (Å²) in [6.45, 7) is 4.32. The number of thiophene rings is 1. The lowest BCUT2D eigenvalue weighted by Crippen LogP contribution is -2.32. The van der Waals surface area contributed by atoms with Crippen LogP contribution in [0.1, 0.15) is 57.3 Å². The Labute approximate surface area is 245 Å². The second kappa shape index (κ2) is 13.6. The highest BCUT2D eigenvalue weighted by Gasteiger charge is 2.28. The third kappa shape index (κ3) is 7.08. The molecule has 9 nitrogen and oxygen atoms in total. The summed E-state index contributed by atoms with van der Waals surface area (Å²) in [7, 11) is 1.53. The lowest BCUT2D eigenvalue weighted by atomic mass is 9.95. The van der Waals surface area contributed by atoms with Gasteiger partial charge in [-0.1, -0.05) is 29.8 Å². The third-order valence-corrected chi connectivity index (χ3v) is 8.02. The first-order valence-corrected chi connectivity index (χ1v) is 14.4. The SMILES string of the molecule is CCOC(=O)c1c(NC(=O)C(=O)N/N=C/c2cc(Br)c(OCc3ccc(C)cc3)c(OC)c2)sc2c1CCCC2. The quantitative estimate of drug-likeness (QED) is 0.139. The molecule has 210 valence electrons. The molecule has 11 heteroatoms. The minimum atomic E-state index is -0.971. The molecule has 1 heterocycles. The molecule has 2 aromatic carbocycles. The number of rotatable bonds is 9. The molecule has 1 aliphatic carbocycles. The van der Waals surface area contributed by atoms with E-state index in [1.54, 1.807) is 19.1 Å². The summed E-state index contributed by atoms with van der Waals surface area (Å²) in [5.74, 6) is -1.40. The van der Waals surface area contributed by atoms with Gasteiger partial charge in [-0.05, 0) is 84.3 Å². The molecule has 1 aliphatic rings. The van der Waals surface area contributed by atoms with Gasteiger partial charge in [-0.3, -0.25) is 9.59 Å². The Morgan fingerprint density at radius 2 is 1.85 bits per heavy atom. The number of carbonyl (C=O) groups excluding carboxylic acids is 3. The molecule has 0 atom stereocenters. The molecule has 0 aliphatic heterocycles. The molecule has 0 radical (unpaired) electrons. The average molecular weight is 629 g/mol. The number of carbonyl (C=O) groups is 3. The molecule has 4 rings (SSSR count). The van der Waals surface area contributed by atoms with Crippen molar-refractivity contribution in [1.82, 2.24) is 5.43 Å². The second-order valence-electron chi connectivity index (χ2n) is 9.10. The maximum atomic E-state index is 12.6. The summed E-state index contributed by atoms with van der Waals surface area (Å²) >= 11 is 4.81. The minimum absolute atomic E-state index is 0.215. The summed E-state index contributed by atoms with van der Waals surface area (Å²) in [6, 6.07) is 11.5. The van der Waals surface area contributed by atoms with Crippen molar-refractivity contribution >= 4 is 56.3 Å². The van der Waals surface area contributed by atoms with Gasteiger partial charge in [0.25, 0.3) is 0 Å². The van der Waals surface area contributed by atoms with Crippen LogP contribution in [0.3, 0.4) is 0 Å². The van der Waals surface area contributed by atoms with E-state index in [9.17, 15) is 14.4 Å². The number of hydrogen-bond acceptors (Lipinski definition) is 8. The van der Waals surface area contributed by atoms with Crippen LogP contribution in [0, 0.1) is 6.92 Å². The van der Waals surface area contributed by atoms with Crippen molar-refractivity contribution < 1.29 is 28.6 Å². The monoisotopic (exact) mass is 627 g/mol. The van der Waals surface area contributed by atoms with Gasteiger partial charge in [-0.25, -0.2) is 10.2 Å². The van der Waals surface area contributed by atoms with Crippen LogP contribution in [0.5, 0.6) is 11.5 Å². The van der Waals surface area contributed by atoms with E-state index in [1.165, 1.54) is 30.2 Å². The third-order valence-electron chi connectivity index (χ3n) is 6.22. The number of fused-ring (bicyclic) bond motifs is 1. The van der Waals surface area contributed by atoms with Gasteiger partial charge in [0.15, 0.2) is 11.5 Å². The van der Waals surface area contributed by atoms with E-state index < -0.39 is 17.8 Å². The fourth-order valence-electron chi connectivity index (χ4n) is 4.24. The van der Waals surface area contributed by atoms with Gasteiger partial charge >= 0.3 is 17.8 Å². The maximum Gasteiger partial charge on any atom is 0.341 e. The van der Waals surface area contributed by atoms with Crippen LogP contribution in [0.2, 0.25) is 0 Å². The zero-order valence-corrected chi connectivity index (χ0v) is 24.9. The zero-order chi connectivity index (χ0) is 28.6. The fourth-order valence-corrected chi connectivity index (χ4v) is 6.09. The molecular formula is C29H30BrN3O6S. The predicted molar refractivity (Wildman–Crippen MR) is 157 cm³/mol. The highest BCUT2D eigenvalue weighted by molar-refractivity contribution is 9.10. The Kier molecular flexibility index (Phi) is 9.94. The number of halogens is 1. The normalized spacial score (nSPS) is 12.5. The summed E-state index contributed by atoms with van der Waals surface area (Å²) in [6.07, 6.45) is 4.92. The predicted octanol–water partition coefficient (Wildman–Crippen LogP) is 5.55. The number of amides is 2. The zero-order valence-electron chi connectivity index (χ0n) is 22.5. The van der Waals surface area contributed by atoms with Crippen molar-refractivity contribution in [3.63, 3.8) is 0 Å². The van der Waals surface area contributed by atoms with Crippen molar-refractivity contribution in [2.24, 2.45) is 5.10 Å². The number of methoxy groups -OCH3 is 1. The molecule has 0 saturated heterocycles. The summed E-state index contributed by atoms with van der Waals surface area (Å²) in [5, 5.41) is 6.81. The molecule has 2 amide bonds. The van der Waals surface area contributed by atoms with Crippen LogP contribution in [-0.4, -0.2) is 37.7 Å². The van der Waals surface area contributed by atoms with Gasteiger partial charge < -0.3 is 19.5 Å². The molecule has 40 heavy (non-hydrogen) atoms. The van der Waals surface area contributed by atoms with Crippen LogP contribution in [0.25, 0.3) is 0 Å². The Balaban J connectivity index is 1.40. The maximum absolute atomic E-state index is 12.6. The van der Waals surface area contributed by atoms with Crippen molar-refractivity contribution in [1.29, 1.82) is 0 Å². The van der Waals surface area contributed by atoms with E-state index in [1.807, 2.05) is 31.2 Å². The number of hydrazone groups is 1. The minimum Gasteiger partial charge on any atom is -0.493 e. The Bertz CT molecular complexity index is 1430. The first-order valence-electron chi connectivity index (χ1n) is 12.8. The van der Waals surface area contributed by atoms with E-state index in [0.29, 0.717) is 38.7 Å². The van der Waals surface area contributed by atoms with Gasteiger partial charge in [0.1, 0.15) is 11.6 Å². The molecule has 0 spiro atoms. The van der Waals surface area contributed by atoms with E-state index in [-0.39, 0.29) is 6.61 Å². The highest BCUT2D eigenvalue weighted by Crippen LogP contribution is 2.39. The molecule has 3 aromatic rings. The average Bonchev–Trinajstić information content (AvgIpc) is 3.31. The van der Waals surface area contributed by atoms with Gasteiger partial charge in [-0.15, -0.1) is 11.3 Å². The van der Waals surface area contributed by atoms with E-state index in [2.05, 4.69) is 31.8 Å². The topological polar surface area (TPSA) is 115 Å². The Hall–Kier alpha value is -3.70. The number of anilines is 1. The van der Waals surface area contributed by atoms with Gasteiger partial charge in [-0.2, -0.15) is 5.10 Å². The first-order chi connectivity index (χ1) is 19.3. The lowest BCUT2D eigenvalue weighted by Gasteiger charge is -2.13. The van der Waals surface area contributed by atoms with Gasteiger partial charge in [0.2, 0.25) is 0 Å². The second-order valence-corrected chi connectivity index (χ2v) is 11.1. The lowest BCUT2D eigenvalue weighted by molar-refractivity contribution is -0.136. The molecule has 0 bridgehead atoms. The highest BCUT2D eigenvalue weighted by atomic mass is 79.9. The van der Waals surface area contributed by atoms with Crippen molar-refractivity contribution in [3.05, 3.63) is 73.6 Å². The summed E-state index contributed by atoms with van der Waals surface area (Å²) in [5.41, 5.74) is 6.25. The molecule has 2 N–H and O–H groups in total. The number of hydrogen-bond donors (Lipinski definition) is 2. The fraction of sp³-hybridized carbons (Fsp3) is 0.310. The molecule has 0 fully saturated rings. The van der Waals surface area contributed by atoms with Crippen LogP contribution in [-0.2, 0) is 33.8 Å². The van der Waals surface area contributed by atoms with Crippen LogP contribution >= 0.6 is 27.3 Å². The number of ether oxygens (including phenoxy) is 3. The Morgan fingerprint density at radius 1 is 1.10 bits per heavy atom. The smallest absolute Gasteiger partial charge is 0.341 e. The van der Waals surface area contributed by atoms with E-state index >= 15 is 0 Å². The van der Waals surface area contributed by atoms with Crippen LogP contribution in [0.4, 0.5) is 5.00 Å². The number of aryl methyl sites for hydroxylation is 2. The van der Waals surface area contributed by atoms with Crippen molar-refractivity contribution in [3.8, 4) is 11.5 Å². The summed E-state index contributed by atoms with van der Waals surface area (Å²) < 4.78 is 17.3. The van der Waals surface area contributed by atoms with Crippen molar-refractivity contribution in [2.75, 3.05) is 19.0 Å². The number of benzene rings is 2. The number of esters is 1. The molecule has 1 aromatic heterocycles. The number of nitrogens with one attached hydrogen (secondary N) is 2. The van der Waals surface area contributed by atoms with E-state index in [4.69, 9.17) is 14.2 Å². The van der Waals surface area contributed by atoms with E-state index in [0.717, 1.165) is 41.7 Å². The van der Waals surface area contributed by atoms with Crippen LogP contribution in [0.15, 0.2) is 46.0 Å². The molecule has 0 unspecified atom stereocenters. The largest absolute Gasteiger partial charge is 0.493 e. The Morgan fingerprint density at radius 3 is 2.58 bits per heavy atom. The van der Waals surface area contributed by atoms with Gasteiger partial charge in [0, 0.05) is 4.88 Å². The van der Waals surface area contributed by atoms with Gasteiger partial charge in [0.05, 0.1) is 30.0 Å². The molecular weight excluding hydrogens is 598 g/mol.